The van der Waals surface area contributed by atoms with Crippen LogP contribution in [0.25, 0.3) is 0 Å². The van der Waals surface area contributed by atoms with Crippen molar-refractivity contribution in [2.45, 2.75) is 20.3 Å². The van der Waals surface area contributed by atoms with Crippen LogP contribution in [0.2, 0.25) is 0 Å². The van der Waals surface area contributed by atoms with Gasteiger partial charge in [-0.15, -0.1) is 6.58 Å². The van der Waals surface area contributed by atoms with Gasteiger partial charge in [-0.2, -0.15) is 0 Å². The molecule has 0 aliphatic carbocycles. The lowest BCUT2D eigenvalue weighted by Gasteiger charge is -2.27. The topological polar surface area (TPSA) is 18.1 Å². The van der Waals surface area contributed by atoms with Crippen molar-refractivity contribution in [3.05, 3.63) is 41.5 Å². The summed E-state index contributed by atoms with van der Waals surface area (Å²) in [7, 11) is 2.28. The van der Waals surface area contributed by atoms with Gasteiger partial charge in [0.25, 0.3) is 0 Å². The quantitative estimate of drug-likeness (QED) is 0.696. The molecule has 1 aliphatic rings. The Labute approximate surface area is 129 Å². The van der Waals surface area contributed by atoms with Crippen molar-refractivity contribution in [3.8, 4) is 5.75 Å². The van der Waals surface area contributed by atoms with E-state index in [1.165, 1.54) is 42.9 Å². The van der Waals surface area contributed by atoms with E-state index in [0.29, 0.717) is 0 Å². The van der Waals surface area contributed by atoms with Gasteiger partial charge < -0.3 is 14.5 Å². The van der Waals surface area contributed by atoms with Crippen molar-refractivity contribution in [1.29, 1.82) is 0 Å². The fourth-order valence-electron chi connectivity index (χ4n) is 3.13. The number of nitrogens with one attached hydrogen (secondary N) is 2. The Morgan fingerprint density at radius 3 is 2.57 bits per heavy atom. The normalized spacial score (nSPS) is 22.0. The smallest absolute Gasteiger partial charge is 0.137 e. The van der Waals surface area contributed by atoms with Gasteiger partial charge in [-0.3, -0.25) is 0 Å². The molecule has 1 aromatic carbocycles. The second kappa shape index (κ2) is 7.62. The van der Waals surface area contributed by atoms with E-state index in [9.17, 15) is 0 Å². The van der Waals surface area contributed by atoms with E-state index in [-0.39, 0.29) is 0 Å². The van der Waals surface area contributed by atoms with Crippen LogP contribution in [0.3, 0.4) is 0 Å². The molecule has 0 bridgehead atoms. The van der Waals surface area contributed by atoms with Crippen molar-refractivity contribution in [3.63, 3.8) is 0 Å². The highest BCUT2D eigenvalue weighted by Crippen LogP contribution is 2.26. The van der Waals surface area contributed by atoms with Crippen molar-refractivity contribution in [2.24, 2.45) is 0 Å². The van der Waals surface area contributed by atoms with E-state index in [2.05, 4.69) is 39.6 Å². The molecule has 1 aliphatic heterocycles. The Morgan fingerprint density at radius 1 is 1.19 bits per heavy atom. The molecule has 116 valence electrons. The molecule has 1 aromatic rings. The Morgan fingerprint density at radius 2 is 1.90 bits per heavy atom. The van der Waals surface area contributed by atoms with Gasteiger partial charge in [0.1, 0.15) is 45.1 Å². The number of hydrogen-bond acceptors (Lipinski definition) is 1. The maximum Gasteiger partial charge on any atom is 0.137 e. The monoisotopic (exact) mass is 290 g/mol. The van der Waals surface area contributed by atoms with E-state index in [1.54, 1.807) is 9.80 Å². The van der Waals surface area contributed by atoms with Gasteiger partial charge in [0, 0.05) is 0 Å². The first-order valence-corrected chi connectivity index (χ1v) is 8.09. The highest BCUT2D eigenvalue weighted by molar-refractivity contribution is 5.44. The summed E-state index contributed by atoms with van der Waals surface area (Å²) in [5.74, 6) is 1.07. The van der Waals surface area contributed by atoms with Gasteiger partial charge in [-0.25, -0.2) is 0 Å². The Hall–Kier alpha value is -1.32. The molecule has 2 N–H and O–H groups in total. The van der Waals surface area contributed by atoms with Gasteiger partial charge >= 0.3 is 0 Å². The van der Waals surface area contributed by atoms with Gasteiger partial charge in [0.2, 0.25) is 0 Å². The molecule has 0 radical (unpaired) electrons. The highest BCUT2D eigenvalue weighted by Gasteiger charge is 2.19. The number of piperazine rings is 1. The Bertz CT molecular complexity index is 476. The van der Waals surface area contributed by atoms with Gasteiger partial charge in [0.05, 0.1) is 7.05 Å². The number of allylic oxidation sites excluding steroid dienone is 1. The van der Waals surface area contributed by atoms with Gasteiger partial charge in [-0.1, -0.05) is 23.8 Å². The number of quaternary nitrogens is 2. The van der Waals surface area contributed by atoms with Crippen LogP contribution < -0.4 is 14.5 Å². The van der Waals surface area contributed by atoms with E-state index >= 15 is 0 Å². The van der Waals surface area contributed by atoms with Crippen LogP contribution in [-0.2, 0) is 6.42 Å². The summed E-state index contributed by atoms with van der Waals surface area (Å²) in [6.45, 7) is 15.1. The molecule has 1 fully saturated rings. The van der Waals surface area contributed by atoms with Crippen LogP contribution in [0.4, 0.5) is 0 Å². The molecule has 0 amide bonds. The SMILES string of the molecule is C=CCc1cc(C)cc(C)c1OCC[NH+]1CC[NH+](C)CC1. The number of hydrogen-bond donors (Lipinski definition) is 2. The lowest BCUT2D eigenvalue weighted by atomic mass is 10.0. The Kier molecular flexibility index (Phi) is 5.83. The van der Waals surface area contributed by atoms with Crippen LogP contribution in [0.1, 0.15) is 16.7 Å². The molecule has 0 spiro atoms. The number of aryl methyl sites for hydroxylation is 2. The van der Waals surface area contributed by atoms with Crippen LogP contribution in [-0.4, -0.2) is 46.4 Å². The van der Waals surface area contributed by atoms with Crippen LogP contribution in [0, 0.1) is 13.8 Å². The summed E-state index contributed by atoms with van der Waals surface area (Å²) in [6, 6.07) is 4.42. The van der Waals surface area contributed by atoms with Crippen LogP contribution in [0.15, 0.2) is 24.8 Å². The molecule has 0 aromatic heterocycles. The van der Waals surface area contributed by atoms with Crippen molar-refractivity contribution in [2.75, 3.05) is 46.4 Å². The molecule has 1 saturated heterocycles. The Balaban J connectivity index is 1.91. The largest absolute Gasteiger partial charge is 0.487 e. The van der Waals surface area contributed by atoms with E-state index < -0.39 is 0 Å². The second-order valence-corrected chi connectivity index (χ2v) is 6.37. The summed E-state index contributed by atoms with van der Waals surface area (Å²) in [4.78, 5) is 3.33. The number of rotatable bonds is 6. The number of benzene rings is 1. The van der Waals surface area contributed by atoms with E-state index in [4.69, 9.17) is 4.74 Å². The predicted molar refractivity (Wildman–Crippen MR) is 87.5 cm³/mol. The first kappa shape index (κ1) is 16.1. The number of ether oxygens (including phenoxy) is 1. The lowest BCUT2D eigenvalue weighted by Crippen LogP contribution is -3.27. The zero-order valence-electron chi connectivity index (χ0n) is 13.8. The fraction of sp³-hybridized carbons (Fsp3) is 0.556. The average molecular weight is 290 g/mol. The molecule has 2 rings (SSSR count). The molecule has 0 atom stereocenters. The summed E-state index contributed by atoms with van der Waals surface area (Å²) in [5, 5.41) is 0. The van der Waals surface area contributed by atoms with Crippen LogP contribution >= 0.6 is 0 Å². The molecular formula is C18H30N2O+2. The summed E-state index contributed by atoms with van der Waals surface area (Å²) in [6.07, 6.45) is 2.83. The molecule has 21 heavy (non-hydrogen) atoms. The average Bonchev–Trinajstić information content (AvgIpc) is 2.44. The third-order valence-electron chi connectivity index (χ3n) is 4.37. The predicted octanol–water partition coefficient (Wildman–Crippen LogP) is -0.176. The first-order valence-electron chi connectivity index (χ1n) is 8.09. The standard InChI is InChI=1S/C18H28N2O/c1-5-6-17-14-15(2)13-16(3)18(17)21-12-11-20-9-7-19(4)8-10-20/h5,13-14H,1,6-12H2,2-4H3/p+2. The highest BCUT2D eigenvalue weighted by atomic mass is 16.5. The van der Waals surface area contributed by atoms with E-state index in [0.717, 1.165) is 25.3 Å². The second-order valence-electron chi connectivity index (χ2n) is 6.37. The molecule has 3 heteroatoms. The summed E-state index contributed by atoms with van der Waals surface area (Å²) >= 11 is 0. The van der Waals surface area contributed by atoms with Gasteiger partial charge in [-0.05, 0) is 31.4 Å². The fourth-order valence-corrected chi connectivity index (χ4v) is 3.13. The summed E-state index contributed by atoms with van der Waals surface area (Å²) in [5.41, 5.74) is 3.80. The molecular weight excluding hydrogens is 260 g/mol. The molecule has 0 saturated carbocycles. The van der Waals surface area contributed by atoms with Crippen LogP contribution in [0.5, 0.6) is 5.75 Å². The molecule has 1 heterocycles. The minimum Gasteiger partial charge on any atom is -0.487 e. The summed E-state index contributed by atoms with van der Waals surface area (Å²) < 4.78 is 6.13. The minimum atomic E-state index is 0.808. The third kappa shape index (κ3) is 4.58. The van der Waals surface area contributed by atoms with Crippen molar-refractivity contribution in [1.82, 2.24) is 0 Å². The zero-order valence-corrected chi connectivity index (χ0v) is 13.8. The zero-order chi connectivity index (χ0) is 15.2. The first-order chi connectivity index (χ1) is 10.1. The van der Waals surface area contributed by atoms with E-state index in [1.807, 2.05) is 6.08 Å². The third-order valence-corrected chi connectivity index (χ3v) is 4.37. The van der Waals surface area contributed by atoms with Crippen molar-refractivity contribution < 1.29 is 14.5 Å². The maximum absolute atomic E-state index is 6.13. The minimum absolute atomic E-state index is 0.808. The van der Waals surface area contributed by atoms with Gasteiger partial charge in [0.15, 0.2) is 0 Å². The maximum atomic E-state index is 6.13. The van der Waals surface area contributed by atoms with Crippen molar-refractivity contribution >= 4 is 0 Å². The molecule has 3 nitrogen and oxygen atoms in total. The number of likely N-dealkylation sites (N-methyl/N-ethyl adjacent to an activating group) is 1. The molecule has 0 unspecified atom stereocenters. The lowest BCUT2D eigenvalue weighted by molar-refractivity contribution is -1.00.